The highest BCUT2D eigenvalue weighted by atomic mass is 33.3. The molecule has 2 fully saturated rings. The summed E-state index contributed by atoms with van der Waals surface area (Å²) >= 11 is 0. The van der Waals surface area contributed by atoms with E-state index in [1.54, 1.807) is 19.1 Å². The Bertz CT molecular complexity index is 2210. The fourth-order valence-corrected chi connectivity index (χ4v) is 134. The van der Waals surface area contributed by atoms with Gasteiger partial charge in [-0.25, -0.2) is 40.4 Å². The summed E-state index contributed by atoms with van der Waals surface area (Å²) in [6, 6.07) is 10.8. The molecule has 0 amide bonds. The van der Waals surface area contributed by atoms with Gasteiger partial charge in [0.05, 0.1) is 50.6 Å². The molecular weight excluding hydrogens is 1030 g/mol. The molecule has 0 saturated heterocycles. The molecule has 2 aliphatic carbocycles. The average molecular weight is 1090 g/mol. The second kappa shape index (κ2) is 36.2. The molecule has 1 aromatic rings. The fourth-order valence-electron chi connectivity index (χ4n) is 6.60. The van der Waals surface area contributed by atoms with Gasteiger partial charge >= 0.3 is 0 Å². The minimum Gasteiger partial charge on any atom is -0.226 e. The minimum atomic E-state index is -0.291. The van der Waals surface area contributed by atoms with Gasteiger partial charge in [-0.2, -0.15) is 0 Å². The van der Waals surface area contributed by atoms with Crippen molar-refractivity contribution in [3.8, 4) is 24.3 Å². The van der Waals surface area contributed by atoms with Crippen LogP contribution in [0.4, 0.5) is 0 Å². The Hall–Kier alpha value is -0.830. The first-order chi connectivity index (χ1) is 30.5. The summed E-state index contributed by atoms with van der Waals surface area (Å²) in [5.74, 6) is 1.25. The summed E-state index contributed by atoms with van der Waals surface area (Å²) < 4.78 is 0. The molecule has 0 radical (unpaired) electrons. The molecule has 336 valence electrons. The lowest BCUT2D eigenvalue weighted by Gasteiger charge is -2.34. The molecule has 64 heavy (non-hydrogen) atoms. The quantitative estimate of drug-likeness (QED) is 0.0682. The van der Waals surface area contributed by atoms with Crippen LogP contribution in [0.15, 0.2) is 64.3 Å². The summed E-state index contributed by atoms with van der Waals surface area (Å²) in [5.41, 5.74) is 1.50. The fraction of sp³-hybridized carbons (Fsp3) is 0.395. The molecule has 0 bridgehead atoms. The standard InChI is InChI=1S/C32H22N8.C8H14.C3H8.H15P13/c1-20-14-26(32(30(19-36)40-7)22(3)28(17-34)38-5)24(13-12-23-10-8-9-11-23)15-25(20)31(29(18-35)39-6)21(2)27(16-33)37-4;1-2-5-8-6-3-4-7-8;1-3-2;1-8-12(9(2)3)13(10(4)5)11(6)7/h12-15,23H,8-11H2,1-3H3;2,5,8H,3-4,6-7H2,1H3;3H2,1-2H3;8H,1-7H2/b13-12?,27-21-,28-22+,31-29-,32-30+;;;. The summed E-state index contributed by atoms with van der Waals surface area (Å²) in [4.78, 5) is 13.3. The number of aryl methyl sites for hydroxylation is 1. The van der Waals surface area contributed by atoms with Gasteiger partial charge in [0.15, 0.2) is 0 Å². The van der Waals surface area contributed by atoms with Crippen LogP contribution >= 0.6 is 105 Å². The maximum absolute atomic E-state index is 9.80. The maximum Gasteiger partial charge on any atom is 0.268 e. The molecule has 1 aromatic carbocycles. The van der Waals surface area contributed by atoms with E-state index in [1.807, 2.05) is 36.4 Å². The Morgan fingerprint density at radius 2 is 1.05 bits per heavy atom. The lowest BCUT2D eigenvalue weighted by Crippen LogP contribution is -2.02. The Kier molecular flexibility index (Phi) is 35.7. The molecule has 0 spiro atoms. The zero-order chi connectivity index (χ0) is 48.9. The van der Waals surface area contributed by atoms with Gasteiger partial charge in [0, 0.05) is 0 Å². The molecule has 2 aliphatic rings. The van der Waals surface area contributed by atoms with E-state index in [2.05, 4.69) is 115 Å². The van der Waals surface area contributed by atoms with Gasteiger partial charge in [-0.1, -0.05) is 84.3 Å². The second-order valence-corrected chi connectivity index (χ2v) is 61.6. The van der Waals surface area contributed by atoms with Crippen molar-refractivity contribution in [1.29, 1.82) is 21.0 Å². The van der Waals surface area contributed by atoms with Crippen molar-refractivity contribution in [2.75, 3.05) is 0 Å². The van der Waals surface area contributed by atoms with Crippen LogP contribution in [0.5, 0.6) is 0 Å². The van der Waals surface area contributed by atoms with Crippen LogP contribution in [0.2, 0.25) is 0 Å². The van der Waals surface area contributed by atoms with Crippen LogP contribution in [-0.4, -0.2) is 0 Å². The third-order valence-electron chi connectivity index (χ3n) is 9.47. The van der Waals surface area contributed by atoms with Gasteiger partial charge in [0.2, 0.25) is 0 Å². The van der Waals surface area contributed by atoms with Crippen LogP contribution in [0.1, 0.15) is 115 Å². The largest absolute Gasteiger partial charge is 0.268 e. The minimum absolute atomic E-state index is 0.116. The van der Waals surface area contributed by atoms with Gasteiger partial charge < -0.3 is 0 Å². The molecule has 21 heteroatoms. The molecule has 9 unspecified atom stereocenters. The Labute approximate surface area is 408 Å². The summed E-state index contributed by atoms with van der Waals surface area (Å²) in [5, 5.41) is 38.6. The average Bonchev–Trinajstić information content (AvgIpc) is 4.00. The second-order valence-electron chi connectivity index (χ2n) is 14.1. The van der Waals surface area contributed by atoms with Crippen LogP contribution in [0.3, 0.4) is 0 Å². The number of nitrogens with zero attached hydrogens (tertiary/aromatic N) is 8. The van der Waals surface area contributed by atoms with E-state index in [9.17, 15) is 21.0 Å². The first-order valence-corrected chi connectivity index (χ1v) is 42.8. The van der Waals surface area contributed by atoms with Gasteiger partial charge in [-0.3, -0.25) is 0 Å². The molecule has 0 heterocycles. The third kappa shape index (κ3) is 20.8. The highest BCUT2D eigenvalue weighted by Gasteiger charge is 2.29. The van der Waals surface area contributed by atoms with Crippen molar-refractivity contribution in [3.63, 3.8) is 0 Å². The SMILES string of the molecule is CC=CC1CCCC1.CCC.PPP(P(P)P)P(P(P)P)P(P)P.[C-]#[N+]/C(C#N)=C(C)\C(=C(/C#N)[N+]#[C-])c1cc(C=CC2CCCC2)c(C(=C(\C#N)[N+]#[C-])/C(C)=C(\C#N)[N+]#[C-])cc1C. The third-order valence-corrected chi connectivity index (χ3v) is 82.8. The van der Waals surface area contributed by atoms with Crippen molar-refractivity contribution < 1.29 is 0 Å². The molecule has 9 atom stereocenters. The highest BCUT2D eigenvalue weighted by molar-refractivity contribution is 9.24. The summed E-state index contributed by atoms with van der Waals surface area (Å²) in [6.07, 6.45) is 19.6. The highest BCUT2D eigenvalue weighted by Crippen LogP contribution is 3.18. The van der Waals surface area contributed by atoms with Crippen molar-refractivity contribution in [1.82, 2.24) is 0 Å². The number of benzene rings is 1. The lowest BCUT2D eigenvalue weighted by molar-refractivity contribution is 0.685. The predicted molar refractivity (Wildman–Crippen MR) is 314 cm³/mol. The van der Waals surface area contributed by atoms with Crippen LogP contribution < -0.4 is 0 Å². The predicted octanol–water partition coefficient (Wildman–Crippen LogP) is 19.3. The van der Waals surface area contributed by atoms with E-state index in [-0.39, 0.29) is 80.0 Å². The molecule has 3 rings (SSSR count). The number of nitriles is 4. The monoisotopic (exact) mass is 1090 g/mol. The molecule has 2 saturated carbocycles. The van der Waals surface area contributed by atoms with Gasteiger partial charge in [-0.15, -0.1) is 62.5 Å². The van der Waals surface area contributed by atoms with E-state index in [0.29, 0.717) is 28.2 Å². The van der Waals surface area contributed by atoms with Crippen molar-refractivity contribution >= 4 is 123 Å². The number of hydrogen-bond donors (Lipinski definition) is 0. The van der Waals surface area contributed by atoms with E-state index in [0.717, 1.165) is 39.6 Å². The Morgan fingerprint density at radius 1 is 0.672 bits per heavy atom. The van der Waals surface area contributed by atoms with Crippen molar-refractivity contribution in [2.45, 2.75) is 99.3 Å². The Morgan fingerprint density at radius 3 is 1.34 bits per heavy atom. The number of hydrogen-bond acceptors (Lipinski definition) is 4. The molecular formula is C43H59N8P13. The summed E-state index contributed by atoms with van der Waals surface area (Å²) in [7, 11) is 22.2. The molecule has 8 nitrogen and oxygen atoms in total. The van der Waals surface area contributed by atoms with Crippen molar-refractivity contribution in [3.05, 3.63) is 132 Å². The van der Waals surface area contributed by atoms with E-state index < -0.39 is 0 Å². The molecule has 0 N–H and O–H groups in total. The van der Waals surface area contributed by atoms with E-state index in [4.69, 9.17) is 26.3 Å². The zero-order valence-electron chi connectivity index (χ0n) is 37.3. The Balaban J connectivity index is 0.00000134. The lowest BCUT2D eigenvalue weighted by atomic mass is 9.84. The number of rotatable bonds is 12. The zero-order valence-corrected chi connectivity index (χ0v) is 50.9. The van der Waals surface area contributed by atoms with Crippen LogP contribution in [-0.2, 0) is 0 Å². The molecule has 0 aliphatic heterocycles. The summed E-state index contributed by atoms with van der Waals surface area (Å²) in [6.45, 7) is 42.0. The first kappa shape index (κ1) is 63.2. The maximum atomic E-state index is 9.80. The van der Waals surface area contributed by atoms with Gasteiger partial charge in [0.25, 0.3) is 22.8 Å². The topological polar surface area (TPSA) is 113 Å². The number of allylic oxidation sites excluding steroid dienone is 11. The van der Waals surface area contributed by atoms with Crippen LogP contribution in [0.25, 0.3) is 36.6 Å². The van der Waals surface area contributed by atoms with Crippen molar-refractivity contribution in [2.24, 2.45) is 11.8 Å². The molecule has 0 aromatic heterocycles. The van der Waals surface area contributed by atoms with Gasteiger partial charge in [0.1, 0.15) is 0 Å². The normalized spacial score (nSPS) is 15.9. The smallest absolute Gasteiger partial charge is 0.226 e. The first-order valence-electron chi connectivity index (χ1n) is 19.9. The van der Waals surface area contributed by atoms with E-state index >= 15 is 0 Å². The van der Waals surface area contributed by atoms with Gasteiger partial charge in [-0.05, 0) is 151 Å². The van der Waals surface area contributed by atoms with E-state index in [1.165, 1.54) is 46.0 Å². The van der Waals surface area contributed by atoms with Crippen LogP contribution in [0, 0.1) is 90.4 Å².